The molecule has 0 bridgehead atoms. The molecule has 3 rings (SSSR count). The highest BCUT2D eigenvalue weighted by molar-refractivity contribution is 8.00. The second-order valence-electron chi connectivity index (χ2n) is 5.49. The topological polar surface area (TPSA) is 89.7 Å². The van der Waals surface area contributed by atoms with Crippen molar-refractivity contribution in [2.24, 2.45) is 0 Å². The summed E-state index contributed by atoms with van der Waals surface area (Å²) in [5.74, 6) is -0.277. The van der Waals surface area contributed by atoms with Crippen molar-refractivity contribution in [2.45, 2.75) is 34.8 Å². The SMILES string of the molecule is CC1CC(Sc2nc3cc(S(=O)(=O)N(C)C)ccc3o2)C(=O)O1. The lowest BCUT2D eigenvalue weighted by molar-refractivity contribution is -0.140. The number of nitrogens with zero attached hydrogens (tertiary/aromatic N) is 2. The highest BCUT2D eigenvalue weighted by Gasteiger charge is 2.34. The van der Waals surface area contributed by atoms with E-state index in [0.717, 1.165) is 4.31 Å². The summed E-state index contributed by atoms with van der Waals surface area (Å²) >= 11 is 1.20. The number of hydrogen-bond donors (Lipinski definition) is 0. The number of ether oxygens (including phenoxy) is 1. The summed E-state index contributed by atoms with van der Waals surface area (Å²) in [5, 5.41) is -0.0153. The molecule has 1 fully saturated rings. The fraction of sp³-hybridized carbons (Fsp3) is 0.429. The summed E-state index contributed by atoms with van der Waals surface area (Å²) in [5.41, 5.74) is 0.916. The molecular weight excluding hydrogens is 340 g/mol. The second-order valence-corrected chi connectivity index (χ2v) is 8.79. The monoisotopic (exact) mass is 356 g/mol. The number of thioether (sulfide) groups is 1. The van der Waals surface area contributed by atoms with Crippen molar-refractivity contribution < 1.29 is 22.4 Å². The van der Waals surface area contributed by atoms with Crippen LogP contribution >= 0.6 is 11.8 Å². The first-order valence-electron chi connectivity index (χ1n) is 6.97. The Labute approximate surface area is 138 Å². The van der Waals surface area contributed by atoms with Crippen molar-refractivity contribution in [2.75, 3.05) is 14.1 Å². The predicted molar refractivity (Wildman–Crippen MR) is 84.7 cm³/mol. The van der Waals surface area contributed by atoms with Crippen molar-refractivity contribution >= 4 is 38.9 Å². The largest absolute Gasteiger partial charge is 0.462 e. The van der Waals surface area contributed by atoms with E-state index in [1.807, 2.05) is 6.92 Å². The first-order valence-corrected chi connectivity index (χ1v) is 9.29. The maximum Gasteiger partial charge on any atom is 0.320 e. The molecule has 0 N–H and O–H groups in total. The van der Waals surface area contributed by atoms with Crippen molar-refractivity contribution in [1.29, 1.82) is 0 Å². The average molecular weight is 356 g/mol. The molecule has 1 aromatic carbocycles. The van der Waals surface area contributed by atoms with E-state index < -0.39 is 10.0 Å². The van der Waals surface area contributed by atoms with Crippen LogP contribution in [0.3, 0.4) is 0 Å². The highest BCUT2D eigenvalue weighted by Crippen LogP contribution is 2.33. The quantitative estimate of drug-likeness (QED) is 0.773. The lowest BCUT2D eigenvalue weighted by Crippen LogP contribution is -2.22. The summed E-state index contributed by atoms with van der Waals surface area (Å²) in [7, 11) is -0.589. The summed E-state index contributed by atoms with van der Waals surface area (Å²) in [6.07, 6.45) is 0.490. The van der Waals surface area contributed by atoms with Crippen LogP contribution in [0.1, 0.15) is 13.3 Å². The molecule has 1 saturated heterocycles. The van der Waals surface area contributed by atoms with Gasteiger partial charge in [0, 0.05) is 20.5 Å². The van der Waals surface area contributed by atoms with Crippen LogP contribution in [0, 0.1) is 0 Å². The van der Waals surface area contributed by atoms with Gasteiger partial charge in [-0.3, -0.25) is 4.79 Å². The molecule has 124 valence electrons. The highest BCUT2D eigenvalue weighted by atomic mass is 32.2. The van der Waals surface area contributed by atoms with E-state index in [2.05, 4.69) is 4.98 Å². The smallest absolute Gasteiger partial charge is 0.320 e. The van der Waals surface area contributed by atoms with E-state index in [0.29, 0.717) is 22.7 Å². The number of esters is 1. The maximum atomic E-state index is 12.1. The second kappa shape index (κ2) is 5.81. The fourth-order valence-electron chi connectivity index (χ4n) is 2.25. The van der Waals surface area contributed by atoms with E-state index in [1.165, 1.54) is 38.0 Å². The van der Waals surface area contributed by atoms with Crippen LogP contribution in [0.5, 0.6) is 0 Å². The number of carbonyl (C=O) groups excluding carboxylic acids is 1. The number of cyclic esters (lactones) is 1. The molecule has 2 aromatic rings. The van der Waals surface area contributed by atoms with Crippen LogP contribution in [0.2, 0.25) is 0 Å². The molecule has 0 saturated carbocycles. The number of oxazole rings is 1. The van der Waals surface area contributed by atoms with Gasteiger partial charge in [0.15, 0.2) is 5.58 Å². The van der Waals surface area contributed by atoms with Gasteiger partial charge in [0.2, 0.25) is 10.0 Å². The zero-order valence-electron chi connectivity index (χ0n) is 12.8. The molecule has 1 aromatic heterocycles. The van der Waals surface area contributed by atoms with Gasteiger partial charge >= 0.3 is 5.97 Å². The summed E-state index contributed by atoms with van der Waals surface area (Å²) in [6.45, 7) is 1.84. The van der Waals surface area contributed by atoms with Gasteiger partial charge in [-0.2, -0.15) is 0 Å². The lowest BCUT2D eigenvalue weighted by Gasteiger charge is -2.10. The number of sulfonamides is 1. The molecule has 0 radical (unpaired) electrons. The first kappa shape index (κ1) is 16.3. The number of fused-ring (bicyclic) bond motifs is 1. The minimum Gasteiger partial charge on any atom is -0.462 e. The molecular formula is C14H16N2O5S2. The molecule has 9 heteroatoms. The number of rotatable bonds is 4. The van der Waals surface area contributed by atoms with Crippen LogP contribution in [0.15, 0.2) is 32.7 Å². The van der Waals surface area contributed by atoms with Crippen molar-refractivity contribution in [1.82, 2.24) is 9.29 Å². The number of hydrogen-bond acceptors (Lipinski definition) is 7. The normalized spacial score (nSPS) is 22.0. The van der Waals surface area contributed by atoms with E-state index in [1.54, 1.807) is 6.07 Å². The molecule has 2 atom stereocenters. The van der Waals surface area contributed by atoms with Crippen LogP contribution in [0.4, 0.5) is 0 Å². The van der Waals surface area contributed by atoms with Gasteiger partial charge in [-0.05, 0) is 25.1 Å². The van der Waals surface area contributed by atoms with E-state index in [4.69, 9.17) is 9.15 Å². The Kier molecular flexibility index (Phi) is 4.11. The summed E-state index contributed by atoms with van der Waals surface area (Å²) < 4.78 is 36.1. The Bertz CT molecular complexity index is 859. The molecule has 1 aliphatic rings. The maximum absolute atomic E-state index is 12.1. The molecule has 2 heterocycles. The lowest BCUT2D eigenvalue weighted by atomic mass is 10.3. The Hall–Kier alpha value is -1.58. The van der Waals surface area contributed by atoms with Crippen molar-refractivity contribution in [3.8, 4) is 0 Å². The zero-order chi connectivity index (χ0) is 16.8. The van der Waals surface area contributed by atoms with Crippen LogP contribution < -0.4 is 0 Å². The average Bonchev–Trinajstić information content (AvgIpc) is 3.00. The fourth-order valence-corrected chi connectivity index (χ4v) is 4.22. The third-order valence-corrected chi connectivity index (χ3v) is 6.34. The zero-order valence-corrected chi connectivity index (χ0v) is 14.5. The Balaban J connectivity index is 1.89. The van der Waals surface area contributed by atoms with Crippen molar-refractivity contribution in [3.63, 3.8) is 0 Å². The Morgan fingerprint density at radius 1 is 1.35 bits per heavy atom. The molecule has 7 nitrogen and oxygen atoms in total. The van der Waals surface area contributed by atoms with Gasteiger partial charge < -0.3 is 9.15 Å². The first-order chi connectivity index (χ1) is 10.8. The standard InChI is InChI=1S/C14H16N2O5S2/c1-8-6-12(13(17)20-8)22-14-15-10-7-9(4-5-11(10)21-14)23(18,19)16(2)3/h4-5,7-8,12H,6H2,1-3H3. The van der Waals surface area contributed by atoms with Crippen LogP contribution in [-0.2, 0) is 19.6 Å². The van der Waals surface area contributed by atoms with Crippen molar-refractivity contribution in [3.05, 3.63) is 18.2 Å². The predicted octanol–water partition coefficient (Wildman–Crippen LogP) is 1.87. The Morgan fingerprint density at radius 2 is 2.09 bits per heavy atom. The van der Waals surface area contributed by atoms with Gasteiger partial charge in [0.05, 0.1) is 4.90 Å². The van der Waals surface area contributed by atoms with Crippen LogP contribution in [0.25, 0.3) is 11.1 Å². The minimum absolute atomic E-state index is 0.110. The molecule has 2 unspecified atom stereocenters. The number of benzene rings is 1. The van der Waals surface area contributed by atoms with Gasteiger partial charge in [0.25, 0.3) is 5.22 Å². The van der Waals surface area contributed by atoms with Gasteiger partial charge in [-0.25, -0.2) is 17.7 Å². The molecule has 0 spiro atoms. The minimum atomic E-state index is -3.53. The summed E-state index contributed by atoms with van der Waals surface area (Å²) in [4.78, 5) is 16.1. The van der Waals surface area contributed by atoms with Gasteiger partial charge in [-0.1, -0.05) is 11.8 Å². The molecule has 1 aliphatic heterocycles. The van der Waals surface area contributed by atoms with E-state index >= 15 is 0 Å². The third kappa shape index (κ3) is 3.08. The van der Waals surface area contributed by atoms with E-state index in [9.17, 15) is 13.2 Å². The number of aromatic nitrogens is 1. The van der Waals surface area contributed by atoms with Gasteiger partial charge in [-0.15, -0.1) is 0 Å². The Morgan fingerprint density at radius 3 is 2.70 bits per heavy atom. The van der Waals surface area contributed by atoms with E-state index in [-0.39, 0.29) is 22.2 Å². The third-order valence-electron chi connectivity index (χ3n) is 3.49. The molecule has 0 amide bonds. The molecule has 0 aliphatic carbocycles. The number of carbonyl (C=O) groups is 1. The van der Waals surface area contributed by atoms with Crippen LogP contribution in [-0.4, -0.2) is 49.1 Å². The van der Waals surface area contributed by atoms with Gasteiger partial charge in [0.1, 0.15) is 16.9 Å². The molecule has 23 heavy (non-hydrogen) atoms. The summed E-state index contributed by atoms with van der Waals surface area (Å²) in [6, 6.07) is 4.51.